The number of carbonyl (C=O) groups is 2. The average Bonchev–Trinajstić information content (AvgIpc) is 2.58. The first kappa shape index (κ1) is 19.7. The van der Waals surface area contributed by atoms with Gasteiger partial charge >= 0.3 is 5.97 Å². The Kier molecular flexibility index (Phi) is 5.21. The number of dihydropyridines is 1. The average molecular weight is 434 g/mol. The van der Waals surface area contributed by atoms with E-state index in [1.807, 2.05) is 25.1 Å². The molecule has 2 aliphatic rings. The number of benzene rings is 1. The van der Waals surface area contributed by atoms with Crippen LogP contribution in [0.15, 0.2) is 45.2 Å². The van der Waals surface area contributed by atoms with Crippen LogP contribution in [-0.2, 0) is 14.3 Å². The Balaban J connectivity index is 2.21. The minimum Gasteiger partial charge on any atom is -0.496 e. The summed E-state index contributed by atoms with van der Waals surface area (Å²) in [6.07, 6.45) is 1.21. The van der Waals surface area contributed by atoms with Crippen molar-refractivity contribution >= 4 is 27.7 Å². The number of rotatable bonds is 3. The number of hydrogen-bond donors (Lipinski definition) is 1. The number of ether oxygens (including phenoxy) is 2. The van der Waals surface area contributed by atoms with Crippen LogP contribution in [0.5, 0.6) is 5.75 Å². The fourth-order valence-corrected chi connectivity index (χ4v) is 4.57. The molecule has 1 heterocycles. The normalized spacial score (nSPS) is 21.6. The summed E-state index contributed by atoms with van der Waals surface area (Å²) < 4.78 is 11.1. The standard InChI is InChI=1S/C21H24BrNO4/c1-11-17(20(25)27-5)18(12-6-7-16(26-4)13(22)8-12)19-14(23-11)9-21(2,3)10-15(19)24/h6-8,18,23H,9-10H2,1-5H3. The van der Waals surface area contributed by atoms with E-state index < -0.39 is 11.9 Å². The van der Waals surface area contributed by atoms with Crippen molar-refractivity contribution in [1.29, 1.82) is 0 Å². The molecule has 0 radical (unpaired) electrons. The van der Waals surface area contributed by atoms with Gasteiger partial charge in [-0.25, -0.2) is 4.79 Å². The summed E-state index contributed by atoms with van der Waals surface area (Å²) >= 11 is 3.51. The van der Waals surface area contributed by atoms with Gasteiger partial charge in [-0.2, -0.15) is 0 Å². The van der Waals surface area contributed by atoms with Crippen molar-refractivity contribution in [1.82, 2.24) is 5.32 Å². The van der Waals surface area contributed by atoms with Crippen LogP contribution >= 0.6 is 15.9 Å². The van der Waals surface area contributed by atoms with Gasteiger partial charge in [0.15, 0.2) is 5.78 Å². The first-order valence-electron chi connectivity index (χ1n) is 8.84. The molecule has 1 unspecified atom stereocenters. The molecule has 6 heteroatoms. The van der Waals surface area contributed by atoms with Crippen LogP contribution in [0.25, 0.3) is 0 Å². The molecule has 144 valence electrons. The number of nitrogens with one attached hydrogen (secondary N) is 1. The van der Waals surface area contributed by atoms with E-state index in [0.717, 1.165) is 27.9 Å². The third-order valence-electron chi connectivity index (χ3n) is 5.15. The van der Waals surface area contributed by atoms with E-state index in [1.165, 1.54) is 7.11 Å². The lowest BCUT2D eigenvalue weighted by molar-refractivity contribution is -0.136. The van der Waals surface area contributed by atoms with Crippen LogP contribution in [0.2, 0.25) is 0 Å². The van der Waals surface area contributed by atoms with E-state index in [0.29, 0.717) is 23.3 Å². The summed E-state index contributed by atoms with van der Waals surface area (Å²) in [6.45, 7) is 6.03. The molecule has 0 aromatic heterocycles. The fourth-order valence-electron chi connectivity index (χ4n) is 4.01. The van der Waals surface area contributed by atoms with E-state index >= 15 is 0 Å². The van der Waals surface area contributed by atoms with Gasteiger partial charge in [0.05, 0.1) is 24.3 Å². The van der Waals surface area contributed by atoms with Gasteiger partial charge in [0.25, 0.3) is 0 Å². The van der Waals surface area contributed by atoms with Crippen molar-refractivity contribution in [2.24, 2.45) is 5.41 Å². The maximum atomic E-state index is 13.1. The number of allylic oxidation sites excluding steroid dienone is 3. The summed E-state index contributed by atoms with van der Waals surface area (Å²) in [5, 5.41) is 3.31. The molecule has 0 fully saturated rings. The van der Waals surface area contributed by atoms with Gasteiger partial charge in [-0.1, -0.05) is 19.9 Å². The third kappa shape index (κ3) is 3.55. The second-order valence-corrected chi connectivity index (χ2v) is 8.67. The molecule has 1 aromatic rings. The molecule has 1 aliphatic carbocycles. The van der Waals surface area contributed by atoms with E-state index in [-0.39, 0.29) is 11.2 Å². The van der Waals surface area contributed by atoms with E-state index in [4.69, 9.17) is 9.47 Å². The van der Waals surface area contributed by atoms with Gasteiger partial charge in [0, 0.05) is 29.3 Å². The third-order valence-corrected chi connectivity index (χ3v) is 5.77. The van der Waals surface area contributed by atoms with Crippen molar-refractivity contribution < 1.29 is 19.1 Å². The molecule has 0 bridgehead atoms. The van der Waals surface area contributed by atoms with Gasteiger partial charge in [0.2, 0.25) is 0 Å². The molecule has 0 spiro atoms. The molecule has 1 N–H and O–H groups in total. The number of methoxy groups -OCH3 is 2. The minimum atomic E-state index is -0.459. The molecule has 1 aliphatic heterocycles. The molecule has 1 aromatic carbocycles. The lowest BCUT2D eigenvalue weighted by Crippen LogP contribution is -2.38. The molecule has 1 atom stereocenters. The molecule has 0 saturated carbocycles. The Morgan fingerprint density at radius 1 is 1.26 bits per heavy atom. The number of esters is 1. The molecule has 3 rings (SSSR count). The smallest absolute Gasteiger partial charge is 0.336 e. The highest BCUT2D eigenvalue weighted by Gasteiger charge is 2.43. The van der Waals surface area contributed by atoms with Crippen molar-refractivity contribution in [3.8, 4) is 5.75 Å². The van der Waals surface area contributed by atoms with E-state index in [2.05, 4.69) is 35.1 Å². The van der Waals surface area contributed by atoms with Crippen LogP contribution in [0.1, 0.15) is 45.1 Å². The summed E-state index contributed by atoms with van der Waals surface area (Å²) in [4.78, 5) is 25.7. The Bertz CT molecular complexity index is 882. The fraction of sp³-hybridized carbons (Fsp3) is 0.429. The largest absolute Gasteiger partial charge is 0.496 e. The zero-order valence-corrected chi connectivity index (χ0v) is 17.8. The van der Waals surface area contributed by atoms with E-state index in [9.17, 15) is 9.59 Å². The molecule has 5 nitrogen and oxygen atoms in total. The van der Waals surface area contributed by atoms with E-state index in [1.54, 1.807) is 7.11 Å². The highest BCUT2D eigenvalue weighted by atomic mass is 79.9. The van der Waals surface area contributed by atoms with Crippen molar-refractivity contribution in [3.05, 3.63) is 50.8 Å². The molecular weight excluding hydrogens is 410 g/mol. The summed E-state index contributed by atoms with van der Waals surface area (Å²) in [6, 6.07) is 5.64. The van der Waals surface area contributed by atoms with Crippen LogP contribution < -0.4 is 10.1 Å². The second-order valence-electron chi connectivity index (χ2n) is 7.82. The molecular formula is C21H24BrNO4. The summed E-state index contributed by atoms with van der Waals surface area (Å²) in [5.41, 5.74) is 3.50. The monoisotopic (exact) mass is 433 g/mol. The van der Waals surface area contributed by atoms with Crippen molar-refractivity contribution in [2.75, 3.05) is 14.2 Å². The molecule has 27 heavy (non-hydrogen) atoms. The van der Waals surface area contributed by atoms with Gasteiger partial charge in [0.1, 0.15) is 5.75 Å². The molecule has 0 amide bonds. The topological polar surface area (TPSA) is 64.6 Å². The predicted octanol–water partition coefficient (Wildman–Crippen LogP) is 4.23. The van der Waals surface area contributed by atoms with Crippen molar-refractivity contribution in [2.45, 2.75) is 39.5 Å². The van der Waals surface area contributed by atoms with Gasteiger partial charge in [-0.15, -0.1) is 0 Å². The minimum absolute atomic E-state index is 0.0691. The Morgan fingerprint density at radius 3 is 2.56 bits per heavy atom. The van der Waals surface area contributed by atoms with Gasteiger partial charge in [-0.05, 0) is 52.4 Å². The Labute approximate surface area is 167 Å². The van der Waals surface area contributed by atoms with Crippen molar-refractivity contribution in [3.63, 3.8) is 0 Å². The van der Waals surface area contributed by atoms with Gasteiger partial charge < -0.3 is 14.8 Å². The van der Waals surface area contributed by atoms with Crippen LogP contribution in [0.4, 0.5) is 0 Å². The second kappa shape index (κ2) is 7.15. The maximum absolute atomic E-state index is 13.1. The highest BCUT2D eigenvalue weighted by Crippen LogP contribution is 2.47. The van der Waals surface area contributed by atoms with Crippen LogP contribution in [-0.4, -0.2) is 26.0 Å². The number of Topliss-reactive ketones (excluding diaryl/α,β-unsaturated/α-hetero) is 1. The Morgan fingerprint density at radius 2 is 1.96 bits per heavy atom. The highest BCUT2D eigenvalue weighted by molar-refractivity contribution is 9.10. The first-order valence-corrected chi connectivity index (χ1v) is 9.63. The number of halogens is 1. The number of carbonyl (C=O) groups excluding carboxylic acids is 2. The SMILES string of the molecule is COC(=O)C1=C(C)NC2=C(C(=O)CC(C)(C)C2)C1c1ccc(OC)c(Br)c1. The summed E-state index contributed by atoms with van der Waals surface area (Å²) in [5.74, 6) is -0.126. The summed E-state index contributed by atoms with van der Waals surface area (Å²) in [7, 11) is 2.96. The lowest BCUT2D eigenvalue weighted by atomic mass is 9.68. The zero-order chi connectivity index (χ0) is 19.9. The quantitative estimate of drug-likeness (QED) is 0.722. The number of ketones is 1. The zero-order valence-electron chi connectivity index (χ0n) is 16.2. The Hall–Kier alpha value is -2.08. The van der Waals surface area contributed by atoms with Crippen LogP contribution in [0.3, 0.4) is 0 Å². The molecule has 0 saturated heterocycles. The van der Waals surface area contributed by atoms with Crippen LogP contribution in [0, 0.1) is 5.41 Å². The first-order chi connectivity index (χ1) is 12.7. The lowest BCUT2D eigenvalue weighted by Gasteiger charge is -2.39. The maximum Gasteiger partial charge on any atom is 0.336 e. The van der Waals surface area contributed by atoms with Gasteiger partial charge in [-0.3, -0.25) is 4.79 Å². The predicted molar refractivity (Wildman–Crippen MR) is 106 cm³/mol. The number of hydrogen-bond acceptors (Lipinski definition) is 5.